The molecule has 6 nitrogen and oxygen atoms in total. The van der Waals surface area contributed by atoms with Crippen molar-refractivity contribution in [2.24, 2.45) is 0 Å². The third kappa shape index (κ3) is 4.52. The summed E-state index contributed by atoms with van der Waals surface area (Å²) in [6.45, 7) is 6.96. The molecule has 2 heterocycles. The largest absolute Gasteiger partial charge is 0.352 e. The van der Waals surface area contributed by atoms with Gasteiger partial charge >= 0.3 is 0 Å². The summed E-state index contributed by atoms with van der Waals surface area (Å²) in [4.78, 5) is 28.7. The Morgan fingerprint density at radius 3 is 2.27 bits per heavy atom. The summed E-state index contributed by atoms with van der Waals surface area (Å²) in [6.07, 6.45) is 4.27. The quantitative estimate of drug-likeness (QED) is 0.860. The Bertz CT molecular complexity index is 717. The number of benzene rings is 1. The van der Waals surface area contributed by atoms with Crippen LogP contribution >= 0.6 is 0 Å². The Morgan fingerprint density at radius 2 is 1.65 bits per heavy atom. The summed E-state index contributed by atoms with van der Waals surface area (Å²) >= 11 is 0. The maximum absolute atomic E-state index is 12.2. The fourth-order valence-corrected chi connectivity index (χ4v) is 3.15. The molecule has 0 radical (unpaired) electrons. The van der Waals surface area contributed by atoms with Gasteiger partial charge in [0.05, 0.1) is 0 Å². The van der Waals surface area contributed by atoms with Crippen molar-refractivity contribution in [3.63, 3.8) is 0 Å². The van der Waals surface area contributed by atoms with E-state index in [0.717, 1.165) is 38.4 Å². The number of carbonyl (C=O) groups is 2. The first kappa shape index (κ1) is 18.2. The number of piperazine rings is 1. The van der Waals surface area contributed by atoms with Crippen LogP contribution in [0.1, 0.15) is 23.7 Å². The second-order valence-corrected chi connectivity index (χ2v) is 6.46. The van der Waals surface area contributed by atoms with Gasteiger partial charge in [-0.15, -0.1) is 0 Å². The standard InChI is InChI=1S/C20H26N4O2/c1-2-22-13-15-24(16-14-22)19(25)9-10-21-20(26)17-5-7-18(8-6-17)23-11-3-4-12-23/h3-8,11-12H,2,9-10,13-16H2,1H3,(H,21,26). The van der Waals surface area contributed by atoms with Crippen molar-refractivity contribution in [1.82, 2.24) is 19.7 Å². The molecule has 0 spiro atoms. The van der Waals surface area contributed by atoms with E-state index in [4.69, 9.17) is 0 Å². The molecular formula is C20H26N4O2. The van der Waals surface area contributed by atoms with Gasteiger partial charge in [-0.2, -0.15) is 0 Å². The van der Waals surface area contributed by atoms with Crippen molar-refractivity contribution >= 4 is 11.8 Å². The van der Waals surface area contributed by atoms with Gasteiger partial charge in [-0.1, -0.05) is 6.92 Å². The van der Waals surface area contributed by atoms with Crippen molar-refractivity contribution in [2.45, 2.75) is 13.3 Å². The Morgan fingerprint density at radius 1 is 1.00 bits per heavy atom. The summed E-state index contributed by atoms with van der Waals surface area (Å²) in [7, 11) is 0. The predicted octanol–water partition coefficient (Wildman–Crippen LogP) is 1.76. The van der Waals surface area contributed by atoms with E-state index in [1.165, 1.54) is 0 Å². The second-order valence-electron chi connectivity index (χ2n) is 6.46. The average molecular weight is 354 g/mol. The van der Waals surface area contributed by atoms with Crippen LogP contribution in [0, 0.1) is 0 Å². The molecule has 1 saturated heterocycles. The third-order valence-electron chi connectivity index (χ3n) is 4.83. The molecule has 1 fully saturated rings. The molecule has 6 heteroatoms. The number of aromatic nitrogens is 1. The lowest BCUT2D eigenvalue weighted by Gasteiger charge is -2.34. The van der Waals surface area contributed by atoms with Crippen molar-refractivity contribution in [2.75, 3.05) is 39.3 Å². The van der Waals surface area contributed by atoms with Crippen molar-refractivity contribution < 1.29 is 9.59 Å². The highest BCUT2D eigenvalue weighted by Crippen LogP contribution is 2.10. The summed E-state index contributed by atoms with van der Waals surface area (Å²) in [5.74, 6) is -0.0309. The van der Waals surface area contributed by atoms with Crippen LogP contribution in [0.4, 0.5) is 0 Å². The first-order valence-corrected chi connectivity index (χ1v) is 9.19. The molecule has 138 valence electrons. The Hall–Kier alpha value is -2.60. The summed E-state index contributed by atoms with van der Waals surface area (Å²) in [5, 5.41) is 2.84. The number of amides is 2. The molecule has 26 heavy (non-hydrogen) atoms. The highest BCUT2D eigenvalue weighted by molar-refractivity contribution is 5.94. The maximum atomic E-state index is 12.2. The van der Waals surface area contributed by atoms with Gasteiger partial charge in [0.25, 0.3) is 5.91 Å². The van der Waals surface area contributed by atoms with Gasteiger partial charge in [0.2, 0.25) is 5.91 Å². The molecule has 1 aliphatic heterocycles. The zero-order valence-corrected chi connectivity index (χ0v) is 15.2. The summed E-state index contributed by atoms with van der Waals surface area (Å²) < 4.78 is 1.98. The first-order valence-electron chi connectivity index (χ1n) is 9.19. The van der Waals surface area contributed by atoms with Gasteiger partial charge in [0.15, 0.2) is 0 Å². The van der Waals surface area contributed by atoms with E-state index in [1.807, 2.05) is 46.1 Å². The SMILES string of the molecule is CCN1CCN(C(=O)CCNC(=O)c2ccc(-n3cccc3)cc2)CC1. The number of nitrogens with zero attached hydrogens (tertiary/aromatic N) is 3. The van der Waals surface area contributed by atoms with E-state index in [2.05, 4.69) is 17.1 Å². The summed E-state index contributed by atoms with van der Waals surface area (Å²) in [6, 6.07) is 11.3. The average Bonchev–Trinajstić information content (AvgIpc) is 3.23. The smallest absolute Gasteiger partial charge is 0.251 e. The van der Waals surface area contributed by atoms with Crippen LogP contribution in [0.25, 0.3) is 5.69 Å². The van der Waals surface area contributed by atoms with Crippen LogP contribution in [-0.2, 0) is 4.79 Å². The van der Waals surface area contributed by atoms with Crippen LogP contribution in [0.15, 0.2) is 48.8 Å². The van der Waals surface area contributed by atoms with Gasteiger partial charge in [-0.25, -0.2) is 0 Å². The molecule has 0 unspecified atom stereocenters. The number of rotatable bonds is 6. The van der Waals surface area contributed by atoms with Gasteiger partial charge in [0, 0.05) is 62.8 Å². The number of nitrogens with one attached hydrogen (secondary N) is 1. The van der Waals surface area contributed by atoms with Crippen LogP contribution in [-0.4, -0.2) is 65.4 Å². The topological polar surface area (TPSA) is 57.6 Å². The van der Waals surface area contributed by atoms with Crippen LogP contribution in [0.5, 0.6) is 0 Å². The third-order valence-corrected chi connectivity index (χ3v) is 4.83. The Kier molecular flexibility index (Phi) is 6.07. The van der Waals surface area contributed by atoms with E-state index in [-0.39, 0.29) is 11.8 Å². The minimum atomic E-state index is -0.146. The number of hydrogen-bond acceptors (Lipinski definition) is 3. The van der Waals surface area contributed by atoms with E-state index in [9.17, 15) is 9.59 Å². The lowest BCUT2D eigenvalue weighted by atomic mass is 10.2. The van der Waals surface area contributed by atoms with E-state index in [1.54, 1.807) is 12.1 Å². The molecule has 2 aromatic rings. The Labute approximate surface area is 154 Å². The lowest BCUT2D eigenvalue weighted by Crippen LogP contribution is -2.49. The van der Waals surface area contributed by atoms with Crippen LogP contribution < -0.4 is 5.32 Å². The van der Waals surface area contributed by atoms with E-state index >= 15 is 0 Å². The molecule has 0 saturated carbocycles. The fraction of sp³-hybridized carbons (Fsp3) is 0.400. The van der Waals surface area contributed by atoms with Crippen molar-refractivity contribution in [3.8, 4) is 5.69 Å². The fourth-order valence-electron chi connectivity index (χ4n) is 3.15. The number of carbonyl (C=O) groups excluding carboxylic acids is 2. The van der Waals surface area contributed by atoms with Gasteiger partial charge in [-0.05, 0) is 42.9 Å². The summed E-state index contributed by atoms with van der Waals surface area (Å²) in [5.41, 5.74) is 1.61. The molecule has 2 amide bonds. The van der Waals surface area contributed by atoms with E-state index < -0.39 is 0 Å². The highest BCUT2D eigenvalue weighted by Gasteiger charge is 2.19. The normalized spacial score (nSPS) is 15.0. The van der Waals surface area contributed by atoms with Crippen LogP contribution in [0.3, 0.4) is 0 Å². The minimum absolute atomic E-state index is 0.115. The molecule has 1 N–H and O–H groups in total. The molecule has 1 aromatic carbocycles. The Balaban J connectivity index is 1.43. The van der Waals surface area contributed by atoms with Crippen molar-refractivity contribution in [1.29, 1.82) is 0 Å². The van der Waals surface area contributed by atoms with Crippen molar-refractivity contribution in [3.05, 3.63) is 54.4 Å². The predicted molar refractivity (Wildman–Crippen MR) is 101 cm³/mol. The minimum Gasteiger partial charge on any atom is -0.352 e. The second kappa shape index (κ2) is 8.67. The van der Waals surface area contributed by atoms with Gasteiger partial charge in [-0.3, -0.25) is 9.59 Å². The number of hydrogen-bond donors (Lipinski definition) is 1. The molecular weight excluding hydrogens is 328 g/mol. The first-order chi connectivity index (χ1) is 12.7. The lowest BCUT2D eigenvalue weighted by molar-refractivity contribution is -0.132. The molecule has 3 rings (SSSR count). The monoisotopic (exact) mass is 354 g/mol. The molecule has 1 aromatic heterocycles. The highest BCUT2D eigenvalue weighted by atomic mass is 16.2. The zero-order chi connectivity index (χ0) is 18.4. The maximum Gasteiger partial charge on any atom is 0.251 e. The van der Waals surface area contributed by atoms with Crippen LogP contribution in [0.2, 0.25) is 0 Å². The molecule has 1 aliphatic rings. The molecule has 0 bridgehead atoms. The van der Waals surface area contributed by atoms with Gasteiger partial charge < -0.3 is 19.7 Å². The number of likely N-dealkylation sites (N-methyl/N-ethyl adjacent to an activating group) is 1. The molecule has 0 atom stereocenters. The van der Waals surface area contributed by atoms with E-state index in [0.29, 0.717) is 18.5 Å². The van der Waals surface area contributed by atoms with Gasteiger partial charge in [0.1, 0.15) is 0 Å². The molecule has 0 aliphatic carbocycles. The zero-order valence-electron chi connectivity index (χ0n) is 15.2.